The van der Waals surface area contributed by atoms with Gasteiger partial charge in [-0.1, -0.05) is 37.3 Å². The molecule has 4 heteroatoms. The van der Waals surface area contributed by atoms with Crippen LogP contribution in [0.15, 0.2) is 30.3 Å². The van der Waals surface area contributed by atoms with Crippen LogP contribution >= 0.6 is 0 Å². The maximum Gasteiger partial charge on any atom is 0.225 e. The third kappa shape index (κ3) is 3.78. The molecule has 3 atom stereocenters. The fourth-order valence-electron chi connectivity index (χ4n) is 2.53. The van der Waals surface area contributed by atoms with Crippen molar-refractivity contribution in [1.82, 2.24) is 10.6 Å². The summed E-state index contributed by atoms with van der Waals surface area (Å²) in [5.41, 5.74) is 1.12. The van der Waals surface area contributed by atoms with E-state index in [-0.39, 0.29) is 24.5 Å². The Hall–Kier alpha value is -1.39. The Labute approximate surface area is 114 Å². The molecule has 3 N–H and O–H groups in total. The molecule has 19 heavy (non-hydrogen) atoms. The number of rotatable bonds is 5. The molecule has 0 spiro atoms. The fraction of sp³-hybridized carbons (Fsp3) is 0.533. The second-order valence-corrected chi connectivity index (χ2v) is 5.32. The third-order valence-corrected chi connectivity index (χ3v) is 3.75. The van der Waals surface area contributed by atoms with Crippen molar-refractivity contribution in [2.45, 2.75) is 19.4 Å². The van der Waals surface area contributed by atoms with Gasteiger partial charge in [0.1, 0.15) is 0 Å². The van der Waals surface area contributed by atoms with Crippen molar-refractivity contribution in [2.75, 3.05) is 19.7 Å². The van der Waals surface area contributed by atoms with Crippen molar-refractivity contribution >= 4 is 5.91 Å². The molecule has 0 bridgehead atoms. The van der Waals surface area contributed by atoms with Gasteiger partial charge in [0.25, 0.3) is 0 Å². The van der Waals surface area contributed by atoms with Gasteiger partial charge in [-0.2, -0.15) is 0 Å². The van der Waals surface area contributed by atoms with Crippen LogP contribution in [0.5, 0.6) is 0 Å². The van der Waals surface area contributed by atoms with Gasteiger partial charge in [-0.15, -0.1) is 0 Å². The Morgan fingerprint density at radius 1 is 1.42 bits per heavy atom. The highest BCUT2D eigenvalue weighted by molar-refractivity contribution is 5.79. The summed E-state index contributed by atoms with van der Waals surface area (Å²) in [7, 11) is 0. The molecule has 0 radical (unpaired) electrons. The van der Waals surface area contributed by atoms with Crippen molar-refractivity contribution in [2.24, 2.45) is 11.8 Å². The summed E-state index contributed by atoms with van der Waals surface area (Å²) in [6, 6.07) is 9.71. The molecule has 0 aliphatic carbocycles. The lowest BCUT2D eigenvalue weighted by atomic mass is 9.96. The maximum absolute atomic E-state index is 12.2. The van der Waals surface area contributed by atoms with Crippen LogP contribution in [-0.4, -0.2) is 36.8 Å². The first-order valence-electron chi connectivity index (χ1n) is 6.86. The van der Waals surface area contributed by atoms with Crippen LogP contribution in [0.1, 0.15) is 12.5 Å². The molecule has 4 nitrogen and oxygen atoms in total. The summed E-state index contributed by atoms with van der Waals surface area (Å²) in [6.45, 7) is 3.67. The van der Waals surface area contributed by atoms with Gasteiger partial charge < -0.3 is 15.7 Å². The monoisotopic (exact) mass is 262 g/mol. The minimum Gasteiger partial charge on any atom is -0.394 e. The highest BCUT2D eigenvalue weighted by Crippen LogP contribution is 2.16. The average Bonchev–Trinajstić information content (AvgIpc) is 2.85. The zero-order chi connectivity index (χ0) is 13.7. The van der Waals surface area contributed by atoms with Crippen molar-refractivity contribution in [1.29, 1.82) is 0 Å². The predicted octanol–water partition coefficient (Wildman–Crippen LogP) is 0.562. The molecule has 0 saturated carbocycles. The zero-order valence-corrected chi connectivity index (χ0v) is 11.3. The van der Waals surface area contributed by atoms with Crippen LogP contribution in [0.4, 0.5) is 0 Å². The van der Waals surface area contributed by atoms with E-state index in [2.05, 4.69) is 17.6 Å². The van der Waals surface area contributed by atoms with Gasteiger partial charge in [0.05, 0.1) is 18.6 Å². The highest BCUT2D eigenvalue weighted by Gasteiger charge is 2.30. The summed E-state index contributed by atoms with van der Waals surface area (Å²) in [4.78, 5) is 12.2. The first-order valence-corrected chi connectivity index (χ1v) is 6.86. The van der Waals surface area contributed by atoms with Gasteiger partial charge >= 0.3 is 0 Å². The Balaban J connectivity index is 1.90. The predicted molar refractivity (Wildman–Crippen MR) is 74.7 cm³/mol. The van der Waals surface area contributed by atoms with Gasteiger partial charge in [0, 0.05) is 6.54 Å². The van der Waals surface area contributed by atoms with E-state index in [0.717, 1.165) is 18.7 Å². The van der Waals surface area contributed by atoms with E-state index in [1.807, 2.05) is 30.3 Å². The molecule has 1 heterocycles. The number of aliphatic hydroxyl groups is 1. The molecule has 1 aromatic rings. The van der Waals surface area contributed by atoms with E-state index in [0.29, 0.717) is 12.3 Å². The molecular weight excluding hydrogens is 240 g/mol. The van der Waals surface area contributed by atoms with E-state index in [1.54, 1.807) is 0 Å². The lowest BCUT2D eigenvalue weighted by molar-refractivity contribution is -0.126. The number of aliphatic hydroxyl groups excluding tert-OH is 1. The van der Waals surface area contributed by atoms with Gasteiger partial charge in [-0.25, -0.2) is 0 Å². The van der Waals surface area contributed by atoms with E-state index in [9.17, 15) is 9.90 Å². The molecule has 1 aliphatic rings. The minimum absolute atomic E-state index is 0.0184. The quantitative estimate of drug-likeness (QED) is 0.727. The van der Waals surface area contributed by atoms with Crippen LogP contribution in [-0.2, 0) is 11.2 Å². The summed E-state index contributed by atoms with van der Waals surface area (Å²) < 4.78 is 0. The molecule has 1 amide bonds. The van der Waals surface area contributed by atoms with Crippen LogP contribution < -0.4 is 10.6 Å². The van der Waals surface area contributed by atoms with E-state index < -0.39 is 0 Å². The Morgan fingerprint density at radius 2 is 2.16 bits per heavy atom. The highest BCUT2D eigenvalue weighted by atomic mass is 16.3. The largest absolute Gasteiger partial charge is 0.394 e. The van der Waals surface area contributed by atoms with E-state index in [4.69, 9.17) is 0 Å². The SMILES string of the molecule is CC1CNCC1C(=O)N[C@@H](CO)Cc1ccccc1. The van der Waals surface area contributed by atoms with Crippen molar-refractivity contribution in [3.8, 4) is 0 Å². The molecule has 2 unspecified atom stereocenters. The number of carbonyl (C=O) groups excluding carboxylic acids is 1. The molecule has 1 saturated heterocycles. The van der Waals surface area contributed by atoms with Gasteiger partial charge in [0.2, 0.25) is 5.91 Å². The maximum atomic E-state index is 12.2. The number of carbonyl (C=O) groups is 1. The van der Waals surface area contributed by atoms with Crippen LogP contribution in [0.3, 0.4) is 0 Å². The smallest absolute Gasteiger partial charge is 0.225 e. The number of hydrogen-bond donors (Lipinski definition) is 3. The molecule has 1 fully saturated rings. The number of amides is 1. The van der Waals surface area contributed by atoms with E-state index >= 15 is 0 Å². The normalized spacial score (nSPS) is 24.1. The Morgan fingerprint density at radius 3 is 2.74 bits per heavy atom. The summed E-state index contributed by atoms with van der Waals surface area (Å²) >= 11 is 0. The summed E-state index contributed by atoms with van der Waals surface area (Å²) in [6.07, 6.45) is 0.664. The third-order valence-electron chi connectivity index (χ3n) is 3.75. The average molecular weight is 262 g/mol. The number of nitrogens with one attached hydrogen (secondary N) is 2. The van der Waals surface area contributed by atoms with Crippen molar-refractivity contribution < 1.29 is 9.90 Å². The lowest BCUT2D eigenvalue weighted by Gasteiger charge is -2.20. The first-order chi connectivity index (χ1) is 9.20. The van der Waals surface area contributed by atoms with Crippen molar-refractivity contribution in [3.63, 3.8) is 0 Å². The number of hydrogen-bond acceptors (Lipinski definition) is 3. The summed E-state index contributed by atoms with van der Waals surface area (Å²) in [5.74, 6) is 0.424. The zero-order valence-electron chi connectivity index (χ0n) is 11.3. The van der Waals surface area contributed by atoms with Gasteiger partial charge in [0.15, 0.2) is 0 Å². The fourth-order valence-corrected chi connectivity index (χ4v) is 2.53. The Bertz CT molecular complexity index is 408. The molecule has 2 rings (SSSR count). The topological polar surface area (TPSA) is 61.4 Å². The first kappa shape index (κ1) is 14.0. The van der Waals surface area contributed by atoms with Crippen LogP contribution in [0, 0.1) is 11.8 Å². The number of benzene rings is 1. The van der Waals surface area contributed by atoms with E-state index in [1.165, 1.54) is 0 Å². The van der Waals surface area contributed by atoms with Crippen molar-refractivity contribution in [3.05, 3.63) is 35.9 Å². The lowest BCUT2D eigenvalue weighted by Crippen LogP contribution is -2.44. The Kier molecular flexibility index (Phi) is 4.93. The molecular formula is C15H22N2O2. The second-order valence-electron chi connectivity index (χ2n) is 5.32. The standard InChI is InChI=1S/C15H22N2O2/c1-11-8-16-9-14(11)15(19)17-13(10-18)7-12-5-3-2-4-6-12/h2-6,11,13-14,16,18H,7-10H2,1H3,(H,17,19)/t11?,13-,14?/m1/s1. The molecule has 0 aromatic heterocycles. The van der Waals surface area contributed by atoms with Crippen LogP contribution in [0.2, 0.25) is 0 Å². The second kappa shape index (κ2) is 6.68. The molecule has 1 aliphatic heterocycles. The summed E-state index contributed by atoms with van der Waals surface area (Å²) in [5, 5.41) is 15.6. The molecule has 104 valence electrons. The molecule has 1 aromatic carbocycles. The van der Waals surface area contributed by atoms with Crippen LogP contribution in [0.25, 0.3) is 0 Å². The minimum atomic E-state index is -0.206. The van der Waals surface area contributed by atoms with Gasteiger partial charge in [-0.3, -0.25) is 4.79 Å². The van der Waals surface area contributed by atoms with Gasteiger partial charge in [-0.05, 0) is 24.4 Å².